The zero-order chi connectivity index (χ0) is 13.9. The summed E-state index contributed by atoms with van der Waals surface area (Å²) in [6.45, 7) is 2.99. The van der Waals surface area contributed by atoms with E-state index in [0.717, 1.165) is 42.6 Å². The van der Waals surface area contributed by atoms with E-state index in [-0.39, 0.29) is 6.04 Å². The molecule has 1 aromatic carbocycles. The molecular weight excluding hydrogens is 277 g/mol. The van der Waals surface area contributed by atoms with Gasteiger partial charge in [-0.25, -0.2) is 9.37 Å². The first kappa shape index (κ1) is 13.7. The van der Waals surface area contributed by atoms with Gasteiger partial charge in [0.2, 0.25) is 0 Å². The van der Waals surface area contributed by atoms with Crippen LogP contribution in [0.15, 0.2) is 30.3 Å². The second-order valence-corrected chi connectivity index (χ2v) is 5.38. The molecule has 20 heavy (non-hydrogen) atoms. The van der Waals surface area contributed by atoms with Crippen LogP contribution in [0.5, 0.6) is 0 Å². The number of hydrogen-bond acceptors (Lipinski definition) is 3. The van der Waals surface area contributed by atoms with Gasteiger partial charge in [0.05, 0.1) is 11.6 Å². The molecule has 2 aromatic rings. The maximum atomic E-state index is 13.6. The maximum Gasteiger partial charge on any atom is 0.134 e. The fourth-order valence-electron chi connectivity index (χ4n) is 2.71. The number of nitrogens with one attached hydrogen (secondary N) is 1. The molecule has 1 atom stereocenters. The van der Waals surface area contributed by atoms with E-state index in [1.165, 1.54) is 0 Å². The Hall–Kier alpha value is -1.23. The van der Waals surface area contributed by atoms with E-state index in [1.807, 2.05) is 30.3 Å². The van der Waals surface area contributed by atoms with Crippen LogP contribution in [0, 0.1) is 0 Å². The number of piperazine rings is 1. The van der Waals surface area contributed by atoms with Crippen LogP contribution in [0.3, 0.4) is 0 Å². The molecule has 1 aliphatic heterocycles. The lowest BCUT2D eigenvalue weighted by Gasteiger charge is -2.33. The molecule has 5 heteroatoms. The second-order valence-electron chi connectivity index (χ2n) is 5.02. The summed E-state index contributed by atoms with van der Waals surface area (Å²) in [5.41, 5.74) is 1.63. The van der Waals surface area contributed by atoms with Crippen LogP contribution < -0.4 is 5.32 Å². The van der Waals surface area contributed by atoms with Gasteiger partial charge in [-0.1, -0.05) is 29.8 Å². The summed E-state index contributed by atoms with van der Waals surface area (Å²) < 4.78 is 13.6. The molecule has 0 saturated carbocycles. The van der Waals surface area contributed by atoms with E-state index in [4.69, 9.17) is 11.6 Å². The van der Waals surface area contributed by atoms with Gasteiger partial charge in [0.15, 0.2) is 0 Å². The van der Waals surface area contributed by atoms with Crippen molar-refractivity contribution in [3.8, 4) is 0 Å². The van der Waals surface area contributed by atoms with Gasteiger partial charge in [-0.3, -0.25) is 4.90 Å². The third-order valence-electron chi connectivity index (χ3n) is 3.80. The SMILES string of the molecule is FC[C@H](c1cc2ccccc2nc1Cl)N1CCNCC1. The van der Waals surface area contributed by atoms with Gasteiger partial charge in [-0.2, -0.15) is 0 Å². The van der Waals surface area contributed by atoms with Crippen LogP contribution in [0.1, 0.15) is 11.6 Å². The summed E-state index contributed by atoms with van der Waals surface area (Å²) >= 11 is 6.28. The molecule has 0 spiro atoms. The molecule has 0 amide bonds. The quantitative estimate of drug-likeness (QED) is 0.882. The highest BCUT2D eigenvalue weighted by Gasteiger charge is 2.24. The number of halogens is 2. The predicted octanol–water partition coefficient (Wildman–Crippen LogP) is 2.80. The van der Waals surface area contributed by atoms with Crippen LogP contribution in [0.2, 0.25) is 5.15 Å². The molecule has 1 N–H and O–H groups in total. The Morgan fingerprint density at radius 1 is 1.30 bits per heavy atom. The topological polar surface area (TPSA) is 28.2 Å². The first-order valence-corrected chi connectivity index (χ1v) is 7.23. The van der Waals surface area contributed by atoms with Crippen LogP contribution >= 0.6 is 11.6 Å². The van der Waals surface area contributed by atoms with E-state index in [0.29, 0.717) is 5.15 Å². The smallest absolute Gasteiger partial charge is 0.134 e. The highest BCUT2D eigenvalue weighted by atomic mass is 35.5. The molecule has 1 aliphatic rings. The molecular formula is C15H17ClFN3. The van der Waals surface area contributed by atoms with Gasteiger partial charge in [0, 0.05) is 37.1 Å². The molecule has 3 rings (SSSR count). The Morgan fingerprint density at radius 3 is 2.80 bits per heavy atom. The van der Waals surface area contributed by atoms with Crippen LogP contribution in [-0.4, -0.2) is 42.7 Å². The van der Waals surface area contributed by atoms with Gasteiger partial charge < -0.3 is 5.32 Å². The molecule has 1 saturated heterocycles. The Kier molecular flexibility index (Phi) is 4.15. The van der Waals surface area contributed by atoms with E-state index in [1.54, 1.807) is 0 Å². The third kappa shape index (κ3) is 2.64. The lowest BCUT2D eigenvalue weighted by atomic mass is 10.1. The van der Waals surface area contributed by atoms with Crippen molar-refractivity contribution in [2.24, 2.45) is 0 Å². The van der Waals surface area contributed by atoms with Gasteiger partial charge in [0.1, 0.15) is 11.8 Å². The highest BCUT2D eigenvalue weighted by molar-refractivity contribution is 6.30. The third-order valence-corrected chi connectivity index (χ3v) is 4.10. The molecule has 0 bridgehead atoms. The fourth-order valence-corrected chi connectivity index (χ4v) is 2.99. The molecule has 1 fully saturated rings. The van der Waals surface area contributed by atoms with E-state index >= 15 is 0 Å². The van der Waals surface area contributed by atoms with Gasteiger partial charge in [-0.05, 0) is 12.1 Å². The number of benzene rings is 1. The van der Waals surface area contributed by atoms with E-state index < -0.39 is 6.67 Å². The lowest BCUT2D eigenvalue weighted by Crippen LogP contribution is -2.45. The van der Waals surface area contributed by atoms with Crippen molar-refractivity contribution < 1.29 is 4.39 Å². The number of hydrogen-bond donors (Lipinski definition) is 1. The number of alkyl halides is 1. The summed E-state index contributed by atoms with van der Waals surface area (Å²) in [7, 11) is 0. The number of nitrogens with zero attached hydrogens (tertiary/aromatic N) is 2. The molecule has 0 radical (unpaired) electrons. The molecule has 106 valence electrons. The highest BCUT2D eigenvalue weighted by Crippen LogP contribution is 2.30. The number of rotatable bonds is 3. The van der Waals surface area contributed by atoms with Crippen molar-refractivity contribution in [1.82, 2.24) is 15.2 Å². The number of pyridine rings is 1. The van der Waals surface area contributed by atoms with Crippen molar-refractivity contribution in [2.45, 2.75) is 6.04 Å². The van der Waals surface area contributed by atoms with Gasteiger partial charge in [0.25, 0.3) is 0 Å². The minimum Gasteiger partial charge on any atom is -0.314 e. The molecule has 2 heterocycles. The first-order chi connectivity index (χ1) is 9.79. The van der Waals surface area contributed by atoms with Crippen LogP contribution in [-0.2, 0) is 0 Å². The standard InChI is InChI=1S/C15H17ClFN3/c16-15-12(9-11-3-1-2-4-13(11)19-15)14(10-17)20-7-5-18-6-8-20/h1-4,9,14,18H,5-8,10H2/t14-/m1/s1. The van der Waals surface area contributed by atoms with E-state index in [2.05, 4.69) is 15.2 Å². The Labute approximate surface area is 122 Å². The summed E-state index contributed by atoms with van der Waals surface area (Å²) in [5.74, 6) is 0. The summed E-state index contributed by atoms with van der Waals surface area (Å²) in [6.07, 6.45) is 0. The van der Waals surface area contributed by atoms with Crippen molar-refractivity contribution in [1.29, 1.82) is 0 Å². The summed E-state index contributed by atoms with van der Waals surface area (Å²) in [5, 5.41) is 4.68. The summed E-state index contributed by atoms with van der Waals surface area (Å²) in [4.78, 5) is 6.53. The largest absolute Gasteiger partial charge is 0.314 e. The Bertz CT molecular complexity index is 599. The van der Waals surface area contributed by atoms with Crippen molar-refractivity contribution in [2.75, 3.05) is 32.9 Å². The second kappa shape index (κ2) is 6.04. The molecule has 0 aliphatic carbocycles. The zero-order valence-corrected chi connectivity index (χ0v) is 11.9. The van der Waals surface area contributed by atoms with E-state index in [9.17, 15) is 4.39 Å². The predicted molar refractivity (Wildman–Crippen MR) is 79.9 cm³/mol. The Morgan fingerprint density at radius 2 is 2.05 bits per heavy atom. The number of fused-ring (bicyclic) bond motifs is 1. The average Bonchev–Trinajstić information content (AvgIpc) is 2.49. The minimum absolute atomic E-state index is 0.304. The fraction of sp³-hybridized carbons (Fsp3) is 0.400. The normalized spacial score (nSPS) is 18.3. The Balaban J connectivity index is 1.99. The first-order valence-electron chi connectivity index (χ1n) is 6.85. The molecule has 0 unspecified atom stereocenters. The van der Waals surface area contributed by atoms with Crippen LogP contribution in [0.25, 0.3) is 10.9 Å². The zero-order valence-electron chi connectivity index (χ0n) is 11.1. The van der Waals surface area contributed by atoms with Gasteiger partial charge in [-0.15, -0.1) is 0 Å². The molecule has 3 nitrogen and oxygen atoms in total. The monoisotopic (exact) mass is 293 g/mol. The van der Waals surface area contributed by atoms with Crippen LogP contribution in [0.4, 0.5) is 4.39 Å². The van der Waals surface area contributed by atoms with Gasteiger partial charge >= 0.3 is 0 Å². The lowest BCUT2D eigenvalue weighted by molar-refractivity contribution is 0.147. The maximum absolute atomic E-state index is 13.6. The molecule has 1 aromatic heterocycles. The average molecular weight is 294 g/mol. The number of para-hydroxylation sites is 1. The van der Waals surface area contributed by atoms with Crippen molar-refractivity contribution in [3.63, 3.8) is 0 Å². The number of aromatic nitrogens is 1. The van der Waals surface area contributed by atoms with Crippen molar-refractivity contribution in [3.05, 3.63) is 41.0 Å². The van der Waals surface area contributed by atoms with Crippen molar-refractivity contribution >= 4 is 22.5 Å². The summed E-state index contributed by atoms with van der Waals surface area (Å²) in [6, 6.07) is 9.44. The minimum atomic E-state index is -0.445.